The Morgan fingerprint density at radius 3 is 2.77 bits per heavy atom. The Hall–Kier alpha value is -3.60. The maximum absolute atomic E-state index is 13.2. The second-order valence-electron chi connectivity index (χ2n) is 6.76. The smallest absolute Gasteiger partial charge is 0.259 e. The molecule has 1 N–H and O–H groups in total. The van der Waals surface area contributed by atoms with Crippen molar-refractivity contribution in [3.63, 3.8) is 0 Å². The van der Waals surface area contributed by atoms with Gasteiger partial charge in [0.15, 0.2) is 0 Å². The number of benzene rings is 2. The van der Waals surface area contributed by atoms with Crippen molar-refractivity contribution >= 4 is 35.0 Å². The van der Waals surface area contributed by atoms with Crippen LogP contribution in [0.25, 0.3) is 0 Å². The molecule has 0 saturated carbocycles. The van der Waals surface area contributed by atoms with Gasteiger partial charge in [-0.15, -0.1) is 6.42 Å². The molecule has 0 unspecified atom stereocenters. The molecule has 2 amide bonds. The van der Waals surface area contributed by atoms with E-state index >= 15 is 0 Å². The van der Waals surface area contributed by atoms with Crippen LogP contribution in [0.3, 0.4) is 0 Å². The topological polar surface area (TPSA) is 71.5 Å². The number of anilines is 2. The van der Waals surface area contributed by atoms with Crippen molar-refractivity contribution in [1.82, 2.24) is 4.98 Å². The molecule has 6 nitrogen and oxygen atoms in total. The number of ether oxygens (including phenoxy) is 1. The van der Waals surface area contributed by atoms with Gasteiger partial charge < -0.3 is 15.0 Å². The number of methoxy groups -OCH3 is 1. The Bertz CT molecular complexity index is 1190. The minimum atomic E-state index is -0.289. The standard InChI is InChI=1S/C24H19N3O3S/c1-3-17-9-8-16(15-25-17)23(28)26-18-10-11-20-22(14-18)31-21-7-5-4-6-19(21)24(29)27(20)12-13-30-2/h1,4-11,14-15H,12-13H2,2H3,(H,26,28). The summed E-state index contributed by atoms with van der Waals surface area (Å²) in [5.74, 6) is 2.06. The molecule has 31 heavy (non-hydrogen) atoms. The number of hydrogen-bond acceptors (Lipinski definition) is 5. The molecule has 3 aromatic rings. The van der Waals surface area contributed by atoms with Crippen LogP contribution >= 0.6 is 11.8 Å². The zero-order valence-electron chi connectivity index (χ0n) is 16.8. The summed E-state index contributed by atoms with van der Waals surface area (Å²) >= 11 is 1.50. The first-order valence-corrected chi connectivity index (χ1v) is 10.4. The number of pyridine rings is 1. The van der Waals surface area contributed by atoms with E-state index in [2.05, 4.69) is 16.2 Å². The summed E-state index contributed by atoms with van der Waals surface area (Å²) in [6, 6.07) is 16.3. The molecular formula is C24H19N3O3S. The van der Waals surface area contributed by atoms with Crippen LogP contribution in [0.15, 0.2) is 70.6 Å². The average molecular weight is 430 g/mol. The molecular weight excluding hydrogens is 410 g/mol. The molecule has 1 aliphatic rings. The van der Waals surface area contributed by atoms with E-state index < -0.39 is 0 Å². The van der Waals surface area contributed by atoms with E-state index in [9.17, 15) is 9.59 Å². The number of fused-ring (bicyclic) bond motifs is 2. The number of nitrogens with zero attached hydrogens (tertiary/aromatic N) is 2. The van der Waals surface area contributed by atoms with Crippen molar-refractivity contribution in [1.29, 1.82) is 0 Å². The van der Waals surface area contributed by atoms with Gasteiger partial charge in [-0.25, -0.2) is 4.98 Å². The van der Waals surface area contributed by atoms with Gasteiger partial charge >= 0.3 is 0 Å². The lowest BCUT2D eigenvalue weighted by molar-refractivity contribution is 0.0972. The maximum Gasteiger partial charge on any atom is 0.259 e. The highest BCUT2D eigenvalue weighted by Gasteiger charge is 2.27. The highest BCUT2D eigenvalue weighted by Crippen LogP contribution is 2.42. The first kappa shape index (κ1) is 20.7. The van der Waals surface area contributed by atoms with Gasteiger partial charge in [0.1, 0.15) is 5.69 Å². The van der Waals surface area contributed by atoms with Gasteiger partial charge in [-0.1, -0.05) is 29.8 Å². The Kier molecular flexibility index (Phi) is 6.03. The molecule has 1 aromatic heterocycles. The molecule has 0 fully saturated rings. The fourth-order valence-electron chi connectivity index (χ4n) is 3.22. The predicted octanol–water partition coefficient (Wildman–Crippen LogP) is 4.07. The number of carbonyl (C=O) groups is 2. The van der Waals surface area contributed by atoms with Crippen LogP contribution in [0, 0.1) is 12.3 Å². The number of carbonyl (C=O) groups excluding carboxylic acids is 2. The van der Waals surface area contributed by atoms with Gasteiger partial charge in [-0.2, -0.15) is 0 Å². The predicted molar refractivity (Wildman–Crippen MR) is 121 cm³/mol. The van der Waals surface area contributed by atoms with Crippen LogP contribution in [0.5, 0.6) is 0 Å². The molecule has 0 atom stereocenters. The Morgan fingerprint density at radius 2 is 2.03 bits per heavy atom. The number of hydrogen-bond donors (Lipinski definition) is 1. The number of terminal acetylenes is 1. The van der Waals surface area contributed by atoms with E-state index in [1.165, 1.54) is 18.0 Å². The van der Waals surface area contributed by atoms with Gasteiger partial charge in [0.25, 0.3) is 11.8 Å². The van der Waals surface area contributed by atoms with Gasteiger partial charge in [0.2, 0.25) is 0 Å². The summed E-state index contributed by atoms with van der Waals surface area (Å²) in [4.78, 5) is 33.3. The van der Waals surface area contributed by atoms with E-state index in [0.29, 0.717) is 35.7 Å². The second-order valence-corrected chi connectivity index (χ2v) is 7.84. The molecule has 0 spiro atoms. The Labute approximate surface area is 184 Å². The molecule has 2 aromatic carbocycles. The normalized spacial score (nSPS) is 12.4. The fraction of sp³-hybridized carbons (Fsp3) is 0.125. The third-order valence-corrected chi connectivity index (χ3v) is 5.91. The van der Waals surface area contributed by atoms with Crippen LogP contribution in [0.4, 0.5) is 11.4 Å². The molecule has 0 aliphatic carbocycles. The monoisotopic (exact) mass is 429 g/mol. The van der Waals surface area contributed by atoms with Crippen molar-refractivity contribution in [2.75, 3.05) is 30.5 Å². The Morgan fingerprint density at radius 1 is 1.19 bits per heavy atom. The van der Waals surface area contributed by atoms with E-state index in [0.717, 1.165) is 15.5 Å². The van der Waals surface area contributed by atoms with Crippen LogP contribution in [-0.4, -0.2) is 37.1 Å². The van der Waals surface area contributed by atoms with Gasteiger partial charge in [-0.05, 0) is 42.5 Å². The van der Waals surface area contributed by atoms with Crippen LogP contribution in [-0.2, 0) is 4.74 Å². The molecule has 0 saturated heterocycles. The fourth-order valence-corrected chi connectivity index (χ4v) is 4.34. The average Bonchev–Trinajstić information content (AvgIpc) is 2.91. The Balaban J connectivity index is 1.66. The van der Waals surface area contributed by atoms with Crippen LogP contribution < -0.4 is 10.2 Å². The molecule has 0 radical (unpaired) electrons. The quantitative estimate of drug-likeness (QED) is 0.619. The van der Waals surface area contributed by atoms with Crippen LogP contribution in [0.1, 0.15) is 26.4 Å². The minimum absolute atomic E-state index is 0.0737. The number of aromatic nitrogens is 1. The SMILES string of the molecule is C#Cc1ccc(C(=O)Nc2ccc3c(c2)Sc2ccccc2C(=O)N3CCOC)cn1. The second kappa shape index (κ2) is 9.04. The first-order valence-electron chi connectivity index (χ1n) is 9.56. The molecule has 1 aliphatic heterocycles. The highest BCUT2D eigenvalue weighted by atomic mass is 32.2. The molecule has 7 heteroatoms. The van der Waals surface area contributed by atoms with E-state index in [1.54, 1.807) is 30.2 Å². The number of nitrogens with one attached hydrogen (secondary N) is 1. The maximum atomic E-state index is 13.2. The summed E-state index contributed by atoms with van der Waals surface area (Å²) in [5, 5.41) is 2.89. The first-order chi connectivity index (χ1) is 15.1. The zero-order chi connectivity index (χ0) is 21.8. The lowest BCUT2D eigenvalue weighted by Crippen LogP contribution is -2.33. The third kappa shape index (κ3) is 4.31. The molecule has 0 bridgehead atoms. The minimum Gasteiger partial charge on any atom is -0.383 e. The lowest BCUT2D eigenvalue weighted by Gasteiger charge is -2.23. The largest absolute Gasteiger partial charge is 0.383 e. The van der Waals surface area contributed by atoms with E-state index in [1.807, 2.05) is 36.4 Å². The highest BCUT2D eigenvalue weighted by molar-refractivity contribution is 7.99. The summed E-state index contributed by atoms with van der Waals surface area (Å²) in [7, 11) is 1.61. The number of rotatable bonds is 5. The van der Waals surface area contributed by atoms with Crippen molar-refractivity contribution < 1.29 is 14.3 Å². The third-order valence-electron chi connectivity index (χ3n) is 4.78. The van der Waals surface area contributed by atoms with Crippen molar-refractivity contribution in [3.05, 3.63) is 77.6 Å². The van der Waals surface area contributed by atoms with Gasteiger partial charge in [-0.3, -0.25) is 9.59 Å². The van der Waals surface area contributed by atoms with Gasteiger partial charge in [0, 0.05) is 35.3 Å². The van der Waals surface area contributed by atoms with E-state index in [-0.39, 0.29) is 11.8 Å². The van der Waals surface area contributed by atoms with Crippen molar-refractivity contribution in [2.45, 2.75) is 9.79 Å². The molecule has 154 valence electrons. The lowest BCUT2D eigenvalue weighted by atomic mass is 10.1. The van der Waals surface area contributed by atoms with Gasteiger partial charge in [0.05, 0.1) is 23.4 Å². The van der Waals surface area contributed by atoms with Crippen molar-refractivity contribution in [2.24, 2.45) is 0 Å². The molecule has 2 heterocycles. The van der Waals surface area contributed by atoms with Crippen LogP contribution in [0.2, 0.25) is 0 Å². The van der Waals surface area contributed by atoms with E-state index in [4.69, 9.17) is 11.2 Å². The molecule has 4 rings (SSSR count). The summed E-state index contributed by atoms with van der Waals surface area (Å²) in [6.07, 6.45) is 6.76. The number of amides is 2. The van der Waals surface area contributed by atoms with Crippen molar-refractivity contribution in [3.8, 4) is 12.3 Å². The summed E-state index contributed by atoms with van der Waals surface area (Å²) in [6.45, 7) is 0.841. The summed E-state index contributed by atoms with van der Waals surface area (Å²) < 4.78 is 5.20. The summed E-state index contributed by atoms with van der Waals surface area (Å²) in [5.41, 5.74) is 2.92. The zero-order valence-corrected chi connectivity index (χ0v) is 17.6.